The minimum absolute atomic E-state index is 0.214. The molecule has 3 aromatic carbocycles. The van der Waals surface area contributed by atoms with Gasteiger partial charge in [0.05, 0.1) is 13.2 Å². The number of carbonyl (C=O) groups is 2. The molecule has 0 spiro atoms. The van der Waals surface area contributed by atoms with Crippen molar-refractivity contribution in [3.8, 4) is 5.75 Å². The Morgan fingerprint density at radius 1 is 0.900 bits per heavy atom. The molecule has 3 atom stereocenters. The van der Waals surface area contributed by atoms with E-state index in [4.69, 9.17) is 10.5 Å². The third kappa shape index (κ3) is 6.24. The molecule has 3 aromatic rings. The quantitative estimate of drug-likeness (QED) is 0.161. The predicted octanol–water partition coefficient (Wildman–Crippen LogP) is 6.50. The average molecular weight is 548 g/mol. The highest BCUT2D eigenvalue weighted by Gasteiger charge is 2.33. The second kappa shape index (κ2) is 12.5. The Kier molecular flexibility index (Phi) is 9.81. The molecule has 6 heteroatoms. The van der Waals surface area contributed by atoms with Gasteiger partial charge in [-0.1, -0.05) is 84.0 Å². The lowest BCUT2D eigenvalue weighted by molar-refractivity contribution is -0.140. The summed E-state index contributed by atoms with van der Waals surface area (Å²) in [5.41, 5.74) is 9.11. The van der Waals surface area contributed by atoms with Crippen LogP contribution in [0.4, 0.5) is 0 Å². The number of aliphatic hydroxyl groups is 1. The first-order valence-corrected chi connectivity index (χ1v) is 14.2. The van der Waals surface area contributed by atoms with Gasteiger partial charge in [-0.2, -0.15) is 0 Å². The summed E-state index contributed by atoms with van der Waals surface area (Å²) >= 11 is 0. The second-order valence-corrected chi connectivity index (χ2v) is 11.8. The van der Waals surface area contributed by atoms with Gasteiger partial charge >= 0.3 is 5.97 Å². The van der Waals surface area contributed by atoms with Crippen molar-refractivity contribution in [2.45, 2.75) is 91.4 Å². The third-order valence-corrected chi connectivity index (χ3v) is 8.27. The number of benzene rings is 3. The molecule has 3 unspecified atom stereocenters. The number of nitrogens with two attached hydrogens (primary N) is 1. The zero-order chi connectivity index (χ0) is 29.8. The SMILES string of the molecule is CCC(Oc1ccc(C(CC)(CC)c2ccc3cc(C(=O)C(N)C(=O)OC)ccc3c2)cc1C)C(O)C(C)(C)C. The molecular weight excluding hydrogens is 502 g/mol. The first kappa shape index (κ1) is 31.3. The van der Waals surface area contributed by atoms with Crippen LogP contribution in [0.5, 0.6) is 5.75 Å². The van der Waals surface area contributed by atoms with Crippen LogP contribution in [0.15, 0.2) is 54.6 Å². The molecule has 0 aliphatic heterocycles. The summed E-state index contributed by atoms with van der Waals surface area (Å²) in [5, 5.41) is 12.7. The number of methoxy groups -OCH3 is 1. The van der Waals surface area contributed by atoms with Gasteiger partial charge in [0.25, 0.3) is 0 Å². The van der Waals surface area contributed by atoms with Crippen LogP contribution < -0.4 is 10.5 Å². The van der Waals surface area contributed by atoms with E-state index in [1.54, 1.807) is 12.1 Å². The van der Waals surface area contributed by atoms with Crippen molar-refractivity contribution in [3.63, 3.8) is 0 Å². The maximum absolute atomic E-state index is 12.7. The number of carbonyl (C=O) groups excluding carboxylic acids is 2. The Morgan fingerprint density at radius 2 is 1.48 bits per heavy atom. The minimum atomic E-state index is -1.34. The lowest BCUT2D eigenvalue weighted by Crippen LogP contribution is -2.41. The predicted molar refractivity (Wildman–Crippen MR) is 161 cm³/mol. The van der Waals surface area contributed by atoms with Gasteiger partial charge in [0.1, 0.15) is 11.9 Å². The molecule has 3 N–H and O–H groups in total. The zero-order valence-electron chi connectivity index (χ0n) is 25.2. The Labute approximate surface area is 238 Å². The lowest BCUT2D eigenvalue weighted by atomic mass is 9.70. The maximum Gasteiger partial charge on any atom is 0.330 e. The summed E-state index contributed by atoms with van der Waals surface area (Å²) < 4.78 is 11.0. The van der Waals surface area contributed by atoms with Crippen LogP contribution in [-0.2, 0) is 14.9 Å². The molecule has 0 aromatic heterocycles. The van der Waals surface area contributed by atoms with Gasteiger partial charge in [0.2, 0.25) is 0 Å². The van der Waals surface area contributed by atoms with E-state index < -0.39 is 23.9 Å². The number of aryl methyl sites for hydroxylation is 1. The highest BCUT2D eigenvalue weighted by Crippen LogP contribution is 2.41. The van der Waals surface area contributed by atoms with Crippen LogP contribution in [-0.4, -0.2) is 42.2 Å². The summed E-state index contributed by atoms with van der Waals surface area (Å²) in [6.45, 7) is 14.6. The fraction of sp³-hybridized carbons (Fsp3) is 0.471. The van der Waals surface area contributed by atoms with E-state index >= 15 is 0 Å². The van der Waals surface area contributed by atoms with Gasteiger partial charge in [-0.3, -0.25) is 4.79 Å². The number of fused-ring (bicyclic) bond motifs is 1. The van der Waals surface area contributed by atoms with E-state index in [-0.39, 0.29) is 16.9 Å². The third-order valence-electron chi connectivity index (χ3n) is 8.27. The molecule has 0 aliphatic rings. The number of rotatable bonds is 11. The summed E-state index contributed by atoms with van der Waals surface area (Å²) in [5.74, 6) is -0.424. The van der Waals surface area contributed by atoms with Crippen LogP contribution in [0.2, 0.25) is 0 Å². The molecule has 0 radical (unpaired) electrons. The van der Waals surface area contributed by atoms with Crippen LogP contribution in [0.3, 0.4) is 0 Å². The van der Waals surface area contributed by atoms with E-state index in [2.05, 4.69) is 49.8 Å². The maximum atomic E-state index is 12.7. The molecular formula is C34H45NO5. The topological polar surface area (TPSA) is 98.9 Å². The van der Waals surface area contributed by atoms with E-state index in [0.29, 0.717) is 12.0 Å². The Bertz CT molecular complexity index is 1350. The molecule has 216 valence electrons. The Morgan fingerprint density at radius 3 is 2.02 bits per heavy atom. The van der Waals surface area contributed by atoms with Crippen LogP contribution in [0.1, 0.15) is 87.9 Å². The van der Waals surface area contributed by atoms with Crippen LogP contribution in [0, 0.1) is 12.3 Å². The Balaban J connectivity index is 1.97. The number of esters is 1. The van der Waals surface area contributed by atoms with Crippen molar-refractivity contribution in [2.75, 3.05) is 7.11 Å². The molecule has 0 aliphatic carbocycles. The zero-order valence-corrected chi connectivity index (χ0v) is 25.2. The van der Waals surface area contributed by atoms with Gasteiger partial charge in [-0.05, 0) is 71.2 Å². The molecule has 3 rings (SSSR count). The summed E-state index contributed by atoms with van der Waals surface area (Å²) in [7, 11) is 1.21. The number of hydrogen-bond donors (Lipinski definition) is 2. The number of aliphatic hydroxyl groups excluding tert-OH is 1. The van der Waals surface area contributed by atoms with E-state index in [1.807, 2.05) is 45.9 Å². The van der Waals surface area contributed by atoms with Crippen LogP contribution >= 0.6 is 0 Å². The number of ketones is 1. The fourth-order valence-electron chi connectivity index (χ4n) is 5.51. The van der Waals surface area contributed by atoms with E-state index in [0.717, 1.165) is 34.9 Å². The highest BCUT2D eigenvalue weighted by molar-refractivity contribution is 6.13. The summed E-state index contributed by atoms with van der Waals surface area (Å²) in [6, 6.07) is 16.8. The van der Waals surface area contributed by atoms with Gasteiger partial charge in [-0.15, -0.1) is 0 Å². The monoisotopic (exact) mass is 547 g/mol. The average Bonchev–Trinajstić information content (AvgIpc) is 2.95. The van der Waals surface area contributed by atoms with Gasteiger partial charge in [0.15, 0.2) is 11.8 Å². The number of hydrogen-bond acceptors (Lipinski definition) is 6. The van der Waals surface area contributed by atoms with Crippen molar-refractivity contribution < 1.29 is 24.2 Å². The van der Waals surface area contributed by atoms with Crippen molar-refractivity contribution in [1.82, 2.24) is 0 Å². The number of ether oxygens (including phenoxy) is 2. The first-order valence-electron chi connectivity index (χ1n) is 14.2. The molecule has 0 bridgehead atoms. The largest absolute Gasteiger partial charge is 0.487 e. The van der Waals surface area contributed by atoms with Crippen molar-refractivity contribution >= 4 is 22.5 Å². The van der Waals surface area contributed by atoms with Gasteiger partial charge in [-0.25, -0.2) is 4.79 Å². The van der Waals surface area contributed by atoms with Crippen molar-refractivity contribution in [2.24, 2.45) is 11.1 Å². The lowest BCUT2D eigenvalue weighted by Gasteiger charge is -2.35. The standard InChI is InChI=1S/C34H45NO5/c1-9-27(31(37)33(5,6)7)40-28-17-16-25(18-21(28)4)34(10-2,11-3)26-15-14-22-19-24(13-12-23(22)20-26)30(36)29(35)32(38)39-8/h12-20,27,29,31,37H,9-11,35H2,1-8H3. The first-order chi connectivity index (χ1) is 18.8. The van der Waals surface area contributed by atoms with Gasteiger partial charge in [0, 0.05) is 11.0 Å². The normalized spacial score (nSPS) is 14.4. The van der Waals surface area contributed by atoms with E-state index in [9.17, 15) is 14.7 Å². The van der Waals surface area contributed by atoms with Crippen LogP contribution in [0.25, 0.3) is 10.8 Å². The highest BCUT2D eigenvalue weighted by atomic mass is 16.5. The smallest absolute Gasteiger partial charge is 0.330 e. The molecule has 6 nitrogen and oxygen atoms in total. The minimum Gasteiger partial charge on any atom is -0.487 e. The Hall–Kier alpha value is -3.22. The van der Waals surface area contributed by atoms with Gasteiger partial charge < -0.3 is 20.3 Å². The molecule has 0 fully saturated rings. The molecule has 0 saturated heterocycles. The summed E-state index contributed by atoms with van der Waals surface area (Å²) in [6.07, 6.45) is 1.66. The number of Topliss-reactive ketones (excluding diaryl/α,β-unsaturated/α-hetero) is 1. The van der Waals surface area contributed by atoms with E-state index in [1.165, 1.54) is 18.2 Å². The second-order valence-electron chi connectivity index (χ2n) is 11.8. The molecule has 0 amide bonds. The molecule has 0 heterocycles. The van der Waals surface area contributed by atoms with Crippen molar-refractivity contribution in [1.29, 1.82) is 0 Å². The molecule has 0 saturated carbocycles. The summed E-state index contributed by atoms with van der Waals surface area (Å²) in [4.78, 5) is 24.4. The van der Waals surface area contributed by atoms with Crippen molar-refractivity contribution in [3.05, 3.63) is 76.9 Å². The molecule has 40 heavy (non-hydrogen) atoms. The fourth-order valence-corrected chi connectivity index (χ4v) is 5.51.